The van der Waals surface area contributed by atoms with Gasteiger partial charge in [0.25, 0.3) is 5.97 Å². The summed E-state index contributed by atoms with van der Waals surface area (Å²) in [5, 5.41) is 10.4. The zero-order valence-electron chi connectivity index (χ0n) is 13.5. The molecule has 0 aliphatic carbocycles. The fourth-order valence-electron chi connectivity index (χ4n) is 3.40. The summed E-state index contributed by atoms with van der Waals surface area (Å²) in [7, 11) is 0. The van der Waals surface area contributed by atoms with Crippen molar-refractivity contribution in [1.29, 1.82) is 0 Å². The van der Waals surface area contributed by atoms with E-state index in [1.807, 2.05) is 23.8 Å². The largest absolute Gasteiger partial charge is 0.394 e. The van der Waals surface area contributed by atoms with E-state index in [4.69, 9.17) is 24.7 Å². The monoisotopic (exact) mass is 336 g/mol. The van der Waals surface area contributed by atoms with Gasteiger partial charge in [-0.2, -0.15) is 0 Å². The zero-order valence-corrected chi connectivity index (χ0v) is 13.5. The van der Waals surface area contributed by atoms with Crippen molar-refractivity contribution < 1.29 is 24.1 Å². The first kappa shape index (κ1) is 15.7. The van der Waals surface area contributed by atoms with Crippen molar-refractivity contribution in [1.82, 2.24) is 14.5 Å². The van der Waals surface area contributed by atoms with Crippen LogP contribution in [0.25, 0.3) is 11.0 Å². The quantitative estimate of drug-likeness (QED) is 0.824. The molecule has 0 saturated carbocycles. The molecule has 5 unspecified atom stereocenters. The van der Waals surface area contributed by atoms with Crippen LogP contribution in [0.5, 0.6) is 0 Å². The molecular formula is C15H20N4O5. The van der Waals surface area contributed by atoms with Gasteiger partial charge in [0.15, 0.2) is 6.23 Å². The van der Waals surface area contributed by atoms with Gasteiger partial charge >= 0.3 is 0 Å². The Labute approximate surface area is 138 Å². The van der Waals surface area contributed by atoms with Crippen LogP contribution in [-0.4, -0.2) is 57.1 Å². The van der Waals surface area contributed by atoms with Gasteiger partial charge in [-0.3, -0.25) is 0 Å². The lowest BCUT2D eigenvalue weighted by atomic mass is 10.1. The van der Waals surface area contributed by atoms with Crippen molar-refractivity contribution in [2.75, 3.05) is 18.9 Å². The number of nitrogens with zero attached hydrogens (tertiary/aromatic N) is 3. The molecular weight excluding hydrogens is 316 g/mol. The number of anilines is 1. The van der Waals surface area contributed by atoms with Crippen LogP contribution in [0.15, 0.2) is 18.6 Å². The fraction of sp³-hybridized carbons (Fsp3) is 0.600. The molecule has 2 aliphatic rings. The average molecular weight is 336 g/mol. The van der Waals surface area contributed by atoms with Crippen LogP contribution in [-0.2, 0) is 18.9 Å². The first-order valence-electron chi connectivity index (χ1n) is 7.89. The van der Waals surface area contributed by atoms with Crippen molar-refractivity contribution in [3.05, 3.63) is 18.6 Å². The number of ether oxygens (including phenoxy) is 4. The number of fused-ring (bicyclic) bond motifs is 2. The average Bonchev–Trinajstić information content (AvgIpc) is 3.19. The van der Waals surface area contributed by atoms with Gasteiger partial charge in [-0.15, -0.1) is 0 Å². The zero-order chi connectivity index (χ0) is 16.9. The smallest absolute Gasteiger partial charge is 0.280 e. The molecule has 2 aliphatic heterocycles. The number of aliphatic hydroxyl groups is 1. The van der Waals surface area contributed by atoms with Gasteiger partial charge in [-0.25, -0.2) is 9.97 Å². The summed E-state index contributed by atoms with van der Waals surface area (Å²) in [6, 6.07) is 1.83. The number of nitrogens with two attached hydrogens (primary N) is 1. The normalized spacial score (nSPS) is 35.6. The number of rotatable bonds is 4. The fourth-order valence-corrected chi connectivity index (χ4v) is 3.40. The van der Waals surface area contributed by atoms with E-state index in [1.54, 1.807) is 6.92 Å². The minimum absolute atomic E-state index is 0.181. The number of aliphatic hydroxyl groups excluding tert-OH is 1. The first-order valence-corrected chi connectivity index (χ1v) is 7.89. The minimum atomic E-state index is -1.16. The molecule has 2 fully saturated rings. The number of hydrogen-bond acceptors (Lipinski definition) is 8. The molecule has 0 bridgehead atoms. The summed E-state index contributed by atoms with van der Waals surface area (Å²) < 4.78 is 25.2. The third-order valence-electron chi connectivity index (χ3n) is 4.39. The molecule has 3 N–H and O–H groups in total. The lowest BCUT2D eigenvalue weighted by Gasteiger charge is -2.27. The van der Waals surface area contributed by atoms with E-state index in [-0.39, 0.29) is 6.61 Å². The molecule has 0 radical (unpaired) electrons. The highest BCUT2D eigenvalue weighted by molar-refractivity contribution is 5.86. The van der Waals surface area contributed by atoms with Crippen LogP contribution < -0.4 is 5.73 Å². The lowest BCUT2D eigenvalue weighted by Crippen LogP contribution is -2.35. The van der Waals surface area contributed by atoms with Crippen molar-refractivity contribution in [3.63, 3.8) is 0 Å². The van der Waals surface area contributed by atoms with Gasteiger partial charge in [0.05, 0.1) is 12.0 Å². The van der Waals surface area contributed by atoms with Crippen LogP contribution >= 0.6 is 0 Å². The van der Waals surface area contributed by atoms with E-state index < -0.39 is 30.5 Å². The van der Waals surface area contributed by atoms with E-state index in [0.29, 0.717) is 18.1 Å². The standard InChI is InChI=1S/C15H20N4O5/c1-3-21-15(2)23-10-9(6-20)22-14(11(10)24-15)19-5-4-8-12(16)17-7-18-13(8)19/h4-5,7,9-11,14,20H,3,6H2,1-2H3,(H2,16,17,18). The Kier molecular flexibility index (Phi) is 3.70. The molecule has 0 spiro atoms. The molecule has 2 aromatic rings. The first-order chi connectivity index (χ1) is 11.6. The SMILES string of the molecule is CCOC1(C)OC2C(CO)OC(n3ccc4c(N)ncnc43)C2O1. The van der Waals surface area contributed by atoms with E-state index >= 15 is 0 Å². The van der Waals surface area contributed by atoms with Gasteiger partial charge in [-0.1, -0.05) is 0 Å². The van der Waals surface area contributed by atoms with Gasteiger partial charge in [0.1, 0.15) is 36.1 Å². The summed E-state index contributed by atoms with van der Waals surface area (Å²) in [4.78, 5) is 8.27. The van der Waals surface area contributed by atoms with Crippen molar-refractivity contribution in [2.45, 2.75) is 44.4 Å². The highest BCUT2D eigenvalue weighted by Gasteiger charge is 2.58. The second-order valence-corrected chi connectivity index (χ2v) is 5.93. The molecule has 24 heavy (non-hydrogen) atoms. The van der Waals surface area contributed by atoms with E-state index in [0.717, 1.165) is 5.39 Å². The van der Waals surface area contributed by atoms with Crippen LogP contribution in [0.3, 0.4) is 0 Å². The summed E-state index contributed by atoms with van der Waals surface area (Å²) in [5.41, 5.74) is 6.53. The summed E-state index contributed by atoms with van der Waals surface area (Å²) >= 11 is 0. The highest BCUT2D eigenvalue weighted by atomic mass is 16.9. The molecule has 5 atom stereocenters. The number of aromatic nitrogens is 3. The molecule has 2 saturated heterocycles. The molecule has 4 rings (SSSR count). The Morgan fingerprint density at radius 2 is 2.17 bits per heavy atom. The van der Waals surface area contributed by atoms with Gasteiger partial charge in [0, 0.05) is 19.7 Å². The Balaban J connectivity index is 1.71. The minimum Gasteiger partial charge on any atom is -0.394 e. The maximum absolute atomic E-state index is 9.63. The molecule has 9 nitrogen and oxygen atoms in total. The molecule has 0 aromatic carbocycles. The van der Waals surface area contributed by atoms with Crippen LogP contribution in [0, 0.1) is 0 Å². The molecule has 4 heterocycles. The topological polar surface area (TPSA) is 114 Å². The Bertz CT molecular complexity index is 753. The van der Waals surface area contributed by atoms with E-state index in [1.165, 1.54) is 6.33 Å². The molecule has 2 aromatic heterocycles. The van der Waals surface area contributed by atoms with E-state index in [2.05, 4.69) is 9.97 Å². The molecule has 0 amide bonds. The van der Waals surface area contributed by atoms with Crippen molar-refractivity contribution >= 4 is 16.9 Å². The van der Waals surface area contributed by atoms with Crippen LogP contribution in [0.4, 0.5) is 5.82 Å². The second-order valence-electron chi connectivity index (χ2n) is 5.93. The van der Waals surface area contributed by atoms with Gasteiger partial charge < -0.3 is 34.4 Å². The molecule has 9 heteroatoms. The predicted octanol–water partition coefficient (Wildman–Crippen LogP) is 0.397. The van der Waals surface area contributed by atoms with Crippen molar-refractivity contribution in [3.8, 4) is 0 Å². The Morgan fingerprint density at radius 1 is 1.38 bits per heavy atom. The predicted molar refractivity (Wildman–Crippen MR) is 82.7 cm³/mol. The molecule has 130 valence electrons. The Morgan fingerprint density at radius 3 is 2.92 bits per heavy atom. The summed E-state index contributed by atoms with van der Waals surface area (Å²) in [6.45, 7) is 3.85. The highest BCUT2D eigenvalue weighted by Crippen LogP contribution is 2.44. The van der Waals surface area contributed by atoms with Gasteiger partial charge in [-0.05, 0) is 13.0 Å². The van der Waals surface area contributed by atoms with Gasteiger partial charge in [0.2, 0.25) is 0 Å². The van der Waals surface area contributed by atoms with Crippen molar-refractivity contribution in [2.24, 2.45) is 0 Å². The maximum atomic E-state index is 9.63. The number of hydrogen-bond donors (Lipinski definition) is 2. The summed E-state index contributed by atoms with van der Waals surface area (Å²) in [5.74, 6) is -0.758. The number of nitrogen functional groups attached to an aromatic ring is 1. The van der Waals surface area contributed by atoms with E-state index in [9.17, 15) is 5.11 Å². The van der Waals surface area contributed by atoms with Crippen LogP contribution in [0.1, 0.15) is 20.1 Å². The van der Waals surface area contributed by atoms with Crippen LogP contribution in [0.2, 0.25) is 0 Å². The Hall–Kier alpha value is -1.78. The summed E-state index contributed by atoms with van der Waals surface area (Å²) in [6.07, 6.45) is 1.32. The second kappa shape index (κ2) is 5.64. The lowest BCUT2D eigenvalue weighted by molar-refractivity contribution is -0.344. The maximum Gasteiger partial charge on any atom is 0.280 e. The third-order valence-corrected chi connectivity index (χ3v) is 4.39. The third kappa shape index (κ3) is 2.28.